The lowest BCUT2D eigenvalue weighted by Gasteiger charge is -2.23. The third kappa shape index (κ3) is 3.21. The van der Waals surface area contributed by atoms with Gasteiger partial charge >= 0.3 is 0 Å². The van der Waals surface area contributed by atoms with Gasteiger partial charge in [0.2, 0.25) is 10.0 Å². The molecule has 0 aliphatic rings. The SMILES string of the molecule is CC(C)(NS(=O)(=O)c1csc(CN)c1)c1nccs1. The largest absolute Gasteiger partial charge is 0.326 e. The summed E-state index contributed by atoms with van der Waals surface area (Å²) in [6, 6.07) is 1.60. The summed E-state index contributed by atoms with van der Waals surface area (Å²) >= 11 is 2.76. The predicted octanol–water partition coefficient (Wildman–Crippen LogP) is 1.88. The average Bonchev–Trinajstić information content (AvgIpc) is 2.99. The number of thiazole rings is 1. The summed E-state index contributed by atoms with van der Waals surface area (Å²) in [4.78, 5) is 5.25. The molecule has 0 spiro atoms. The minimum absolute atomic E-state index is 0.252. The molecule has 0 unspecified atom stereocenters. The van der Waals surface area contributed by atoms with E-state index in [4.69, 9.17) is 5.73 Å². The van der Waals surface area contributed by atoms with Gasteiger partial charge in [0.05, 0.1) is 10.4 Å². The van der Waals surface area contributed by atoms with Crippen molar-refractivity contribution in [3.8, 4) is 0 Å². The zero-order valence-corrected chi connectivity index (χ0v) is 13.0. The van der Waals surface area contributed by atoms with E-state index < -0.39 is 15.6 Å². The van der Waals surface area contributed by atoms with Crippen LogP contribution in [0.2, 0.25) is 0 Å². The Labute approximate surface area is 120 Å². The molecule has 2 heterocycles. The quantitative estimate of drug-likeness (QED) is 0.881. The molecule has 2 rings (SSSR count). The van der Waals surface area contributed by atoms with Crippen molar-refractivity contribution in [2.75, 3.05) is 0 Å². The first kappa shape index (κ1) is 14.6. The second kappa shape index (κ2) is 5.29. The molecule has 3 N–H and O–H groups in total. The van der Waals surface area contributed by atoms with Crippen LogP contribution in [0.25, 0.3) is 0 Å². The van der Waals surface area contributed by atoms with E-state index in [1.54, 1.807) is 31.5 Å². The monoisotopic (exact) mass is 317 g/mol. The minimum atomic E-state index is -3.56. The highest BCUT2D eigenvalue weighted by Gasteiger charge is 2.30. The maximum atomic E-state index is 12.3. The zero-order chi connectivity index (χ0) is 14.1. The summed E-state index contributed by atoms with van der Waals surface area (Å²) in [6.07, 6.45) is 1.66. The fourth-order valence-corrected chi connectivity index (χ4v) is 4.90. The van der Waals surface area contributed by atoms with Crippen molar-refractivity contribution in [1.82, 2.24) is 9.71 Å². The Morgan fingerprint density at radius 1 is 1.42 bits per heavy atom. The van der Waals surface area contributed by atoms with Gasteiger partial charge in [-0.1, -0.05) is 0 Å². The molecule has 0 aliphatic heterocycles. The minimum Gasteiger partial charge on any atom is -0.326 e. The standard InChI is InChI=1S/C11H15N3O2S3/c1-11(2,10-13-3-4-17-10)14-19(15,16)9-5-8(6-12)18-7-9/h3-5,7,14H,6,12H2,1-2H3. The van der Waals surface area contributed by atoms with Gasteiger partial charge in [-0.15, -0.1) is 22.7 Å². The number of nitrogens with zero attached hydrogens (tertiary/aromatic N) is 1. The first-order valence-corrected chi connectivity index (χ1v) is 8.81. The van der Waals surface area contributed by atoms with E-state index in [9.17, 15) is 8.42 Å². The van der Waals surface area contributed by atoms with E-state index in [1.165, 1.54) is 22.7 Å². The van der Waals surface area contributed by atoms with Crippen molar-refractivity contribution in [1.29, 1.82) is 0 Å². The molecule has 104 valence electrons. The normalized spacial score (nSPS) is 12.8. The van der Waals surface area contributed by atoms with E-state index in [0.29, 0.717) is 6.54 Å². The van der Waals surface area contributed by atoms with Crippen LogP contribution in [-0.2, 0) is 22.1 Å². The molecule has 0 bridgehead atoms. The third-order valence-electron chi connectivity index (χ3n) is 2.50. The molecule has 19 heavy (non-hydrogen) atoms. The van der Waals surface area contributed by atoms with Gasteiger partial charge < -0.3 is 5.73 Å². The Morgan fingerprint density at radius 3 is 2.68 bits per heavy atom. The lowest BCUT2D eigenvalue weighted by Crippen LogP contribution is -2.40. The number of aromatic nitrogens is 1. The Bertz CT molecular complexity index is 645. The molecule has 0 saturated heterocycles. The highest BCUT2D eigenvalue weighted by atomic mass is 32.2. The number of thiophene rings is 1. The van der Waals surface area contributed by atoms with E-state index in [2.05, 4.69) is 9.71 Å². The van der Waals surface area contributed by atoms with Gasteiger partial charge in [0.25, 0.3) is 0 Å². The van der Waals surface area contributed by atoms with E-state index >= 15 is 0 Å². The van der Waals surface area contributed by atoms with Crippen LogP contribution in [0.3, 0.4) is 0 Å². The van der Waals surface area contributed by atoms with E-state index in [0.717, 1.165) is 9.88 Å². The Morgan fingerprint density at radius 2 is 2.16 bits per heavy atom. The van der Waals surface area contributed by atoms with Crippen LogP contribution in [0.1, 0.15) is 23.7 Å². The number of hydrogen-bond donors (Lipinski definition) is 2. The molecule has 5 nitrogen and oxygen atoms in total. The van der Waals surface area contributed by atoms with Crippen LogP contribution in [0.15, 0.2) is 27.9 Å². The fourth-order valence-electron chi connectivity index (χ4n) is 1.58. The molecular weight excluding hydrogens is 302 g/mol. The van der Waals surface area contributed by atoms with Crippen molar-refractivity contribution in [3.63, 3.8) is 0 Å². The Hall–Kier alpha value is -0.800. The molecule has 0 fully saturated rings. The fraction of sp³-hybridized carbons (Fsp3) is 0.364. The molecule has 2 aromatic rings. The number of nitrogens with two attached hydrogens (primary N) is 1. The van der Waals surface area contributed by atoms with E-state index in [1.807, 2.05) is 5.38 Å². The maximum absolute atomic E-state index is 12.3. The zero-order valence-electron chi connectivity index (χ0n) is 10.6. The van der Waals surface area contributed by atoms with Crippen LogP contribution in [-0.4, -0.2) is 13.4 Å². The second-order valence-corrected chi connectivity index (χ2v) is 8.09. The summed E-state index contributed by atoms with van der Waals surface area (Å²) in [5.74, 6) is 0. The van der Waals surface area contributed by atoms with Crippen LogP contribution in [0, 0.1) is 0 Å². The van der Waals surface area contributed by atoms with Crippen molar-refractivity contribution in [2.24, 2.45) is 5.73 Å². The van der Waals surface area contributed by atoms with Gasteiger partial charge in [-0.25, -0.2) is 13.4 Å². The van der Waals surface area contributed by atoms with Gasteiger partial charge in [0, 0.05) is 28.4 Å². The van der Waals surface area contributed by atoms with Crippen molar-refractivity contribution >= 4 is 32.7 Å². The van der Waals surface area contributed by atoms with Gasteiger partial charge in [0.15, 0.2) is 0 Å². The number of nitrogens with one attached hydrogen (secondary N) is 1. The maximum Gasteiger partial charge on any atom is 0.242 e. The van der Waals surface area contributed by atoms with Gasteiger partial charge in [-0.3, -0.25) is 0 Å². The van der Waals surface area contributed by atoms with Crippen LogP contribution in [0.5, 0.6) is 0 Å². The van der Waals surface area contributed by atoms with Crippen LogP contribution in [0.4, 0.5) is 0 Å². The summed E-state index contributed by atoms with van der Waals surface area (Å²) in [5.41, 5.74) is 4.76. The van der Waals surface area contributed by atoms with Crippen molar-refractivity contribution in [3.05, 3.63) is 32.9 Å². The van der Waals surface area contributed by atoms with Gasteiger partial charge in [0.1, 0.15) is 5.01 Å². The number of hydrogen-bond acceptors (Lipinski definition) is 6. The van der Waals surface area contributed by atoms with Gasteiger partial charge in [-0.05, 0) is 19.9 Å². The summed E-state index contributed by atoms with van der Waals surface area (Å²) < 4.78 is 27.3. The second-order valence-electron chi connectivity index (χ2n) is 4.52. The smallest absolute Gasteiger partial charge is 0.242 e. The molecule has 2 aromatic heterocycles. The Balaban J connectivity index is 2.26. The molecule has 0 saturated carbocycles. The lowest BCUT2D eigenvalue weighted by atomic mass is 10.1. The predicted molar refractivity (Wildman–Crippen MR) is 77.7 cm³/mol. The van der Waals surface area contributed by atoms with Crippen molar-refractivity contribution in [2.45, 2.75) is 30.8 Å². The molecule has 0 aromatic carbocycles. The third-order valence-corrected chi connectivity index (χ3v) is 6.34. The Kier molecular flexibility index (Phi) is 4.07. The molecule has 0 atom stereocenters. The molecular formula is C11H15N3O2S3. The van der Waals surface area contributed by atoms with Gasteiger partial charge in [-0.2, -0.15) is 4.72 Å². The lowest BCUT2D eigenvalue weighted by molar-refractivity contribution is 0.470. The highest BCUT2D eigenvalue weighted by Crippen LogP contribution is 2.26. The van der Waals surface area contributed by atoms with Crippen LogP contribution < -0.4 is 10.5 Å². The van der Waals surface area contributed by atoms with Crippen LogP contribution >= 0.6 is 22.7 Å². The summed E-state index contributed by atoms with van der Waals surface area (Å²) in [6.45, 7) is 3.93. The summed E-state index contributed by atoms with van der Waals surface area (Å²) in [5, 5.41) is 4.15. The average molecular weight is 317 g/mol. The van der Waals surface area contributed by atoms with Crippen molar-refractivity contribution < 1.29 is 8.42 Å². The molecule has 8 heteroatoms. The number of sulfonamides is 1. The first-order valence-electron chi connectivity index (χ1n) is 5.56. The van der Waals surface area contributed by atoms with E-state index in [-0.39, 0.29) is 4.90 Å². The molecule has 0 radical (unpaired) electrons. The molecule has 0 amide bonds. The first-order chi connectivity index (χ1) is 8.85. The highest BCUT2D eigenvalue weighted by molar-refractivity contribution is 7.89. The summed E-state index contributed by atoms with van der Waals surface area (Å²) in [7, 11) is -3.56. The molecule has 0 aliphatic carbocycles. The topological polar surface area (TPSA) is 85.1 Å². The number of rotatable bonds is 5.